The van der Waals surface area contributed by atoms with Gasteiger partial charge in [-0.15, -0.1) is 0 Å². The van der Waals surface area contributed by atoms with Crippen LogP contribution in [0, 0.1) is 17.0 Å². The lowest BCUT2D eigenvalue weighted by Crippen LogP contribution is -2.01. The second-order valence-corrected chi connectivity index (χ2v) is 5.98. The number of nitrogens with zero attached hydrogens (tertiary/aromatic N) is 1. The highest BCUT2D eigenvalue weighted by atomic mass is 79.9. The monoisotopic (exact) mass is 398 g/mol. The number of hydrogen-bond donors (Lipinski definition) is 1. The lowest BCUT2D eigenvalue weighted by Gasteiger charge is -2.10. The van der Waals surface area contributed by atoms with Crippen molar-refractivity contribution in [1.82, 2.24) is 0 Å². The summed E-state index contributed by atoms with van der Waals surface area (Å²) < 4.78 is 1.49. The highest BCUT2D eigenvalue weighted by Crippen LogP contribution is 2.28. The summed E-state index contributed by atoms with van der Waals surface area (Å²) in [4.78, 5) is 10.5. The van der Waals surface area contributed by atoms with Crippen molar-refractivity contribution in [3.63, 3.8) is 0 Å². The Morgan fingerprint density at radius 3 is 2.70 bits per heavy atom. The lowest BCUT2D eigenvalue weighted by molar-refractivity contribution is -0.385. The van der Waals surface area contributed by atoms with Gasteiger partial charge in [0.2, 0.25) is 0 Å². The molecule has 20 heavy (non-hydrogen) atoms. The van der Waals surface area contributed by atoms with Gasteiger partial charge >= 0.3 is 0 Å². The van der Waals surface area contributed by atoms with Crippen molar-refractivity contribution in [2.24, 2.45) is 0 Å². The van der Waals surface area contributed by atoms with Crippen LogP contribution in [-0.4, -0.2) is 4.92 Å². The van der Waals surface area contributed by atoms with Gasteiger partial charge in [-0.05, 0) is 62.0 Å². The number of halogens is 2. The van der Waals surface area contributed by atoms with Crippen LogP contribution < -0.4 is 5.32 Å². The van der Waals surface area contributed by atoms with Gasteiger partial charge in [0.15, 0.2) is 0 Å². The zero-order valence-electron chi connectivity index (χ0n) is 10.7. The number of anilines is 1. The molecule has 2 aromatic rings. The van der Waals surface area contributed by atoms with Gasteiger partial charge in [0.1, 0.15) is 0 Å². The third kappa shape index (κ3) is 3.37. The fourth-order valence-electron chi connectivity index (χ4n) is 1.79. The third-order valence-corrected chi connectivity index (χ3v) is 4.61. The maximum absolute atomic E-state index is 10.9. The standard InChI is InChI=1S/C14H12Br2N2O2/c1-9-3-2-4-12(14(9)16)17-8-10-5-6-11(15)13(7-10)18(19)20/h2-7,17H,8H2,1H3. The van der Waals surface area contributed by atoms with Gasteiger partial charge < -0.3 is 5.32 Å². The molecule has 0 unspecified atom stereocenters. The second kappa shape index (κ2) is 6.37. The molecule has 0 aliphatic carbocycles. The molecule has 0 aliphatic rings. The summed E-state index contributed by atoms with van der Waals surface area (Å²) in [5.74, 6) is 0. The highest BCUT2D eigenvalue weighted by molar-refractivity contribution is 9.11. The van der Waals surface area contributed by atoms with Crippen molar-refractivity contribution in [1.29, 1.82) is 0 Å². The molecule has 0 aliphatic heterocycles. The zero-order chi connectivity index (χ0) is 14.7. The first kappa shape index (κ1) is 15.0. The topological polar surface area (TPSA) is 55.2 Å². The van der Waals surface area contributed by atoms with Crippen molar-refractivity contribution in [2.45, 2.75) is 13.5 Å². The van der Waals surface area contributed by atoms with Crippen LogP contribution in [0.5, 0.6) is 0 Å². The van der Waals surface area contributed by atoms with Gasteiger partial charge in [-0.25, -0.2) is 0 Å². The molecule has 1 N–H and O–H groups in total. The number of nitrogens with one attached hydrogen (secondary N) is 1. The van der Waals surface area contributed by atoms with Crippen LogP contribution in [0.3, 0.4) is 0 Å². The molecule has 0 amide bonds. The molecule has 0 aromatic heterocycles. The van der Waals surface area contributed by atoms with Crippen LogP contribution in [0.2, 0.25) is 0 Å². The van der Waals surface area contributed by atoms with E-state index in [4.69, 9.17) is 0 Å². The molecular formula is C14H12Br2N2O2. The molecule has 0 fully saturated rings. The van der Waals surface area contributed by atoms with Crippen molar-refractivity contribution in [2.75, 3.05) is 5.32 Å². The second-order valence-electron chi connectivity index (χ2n) is 4.33. The first-order valence-electron chi connectivity index (χ1n) is 5.91. The Morgan fingerprint density at radius 1 is 1.25 bits per heavy atom. The van der Waals surface area contributed by atoms with Crippen LogP contribution in [0.15, 0.2) is 45.3 Å². The van der Waals surface area contributed by atoms with Crippen molar-refractivity contribution < 1.29 is 4.92 Å². The Balaban J connectivity index is 2.17. The molecule has 0 heterocycles. The number of aryl methyl sites for hydroxylation is 1. The molecule has 0 radical (unpaired) electrons. The minimum absolute atomic E-state index is 0.0765. The normalized spacial score (nSPS) is 10.3. The summed E-state index contributed by atoms with van der Waals surface area (Å²) in [6.07, 6.45) is 0. The molecule has 0 saturated carbocycles. The number of rotatable bonds is 4. The first-order chi connectivity index (χ1) is 9.49. The summed E-state index contributed by atoms with van der Waals surface area (Å²) >= 11 is 6.70. The molecule has 0 spiro atoms. The average Bonchev–Trinajstić information content (AvgIpc) is 2.41. The van der Waals surface area contributed by atoms with E-state index in [0.717, 1.165) is 21.3 Å². The minimum atomic E-state index is -0.393. The zero-order valence-corrected chi connectivity index (χ0v) is 13.9. The third-order valence-electron chi connectivity index (χ3n) is 2.88. The Hall–Kier alpha value is -1.40. The van der Waals surface area contributed by atoms with Gasteiger partial charge in [0.05, 0.1) is 9.40 Å². The molecule has 0 saturated heterocycles. The maximum atomic E-state index is 10.9. The Kier molecular flexibility index (Phi) is 4.77. The van der Waals surface area contributed by atoms with E-state index in [-0.39, 0.29) is 5.69 Å². The Bertz CT molecular complexity index is 660. The number of nitro benzene ring substituents is 1. The van der Waals surface area contributed by atoms with E-state index in [1.54, 1.807) is 12.1 Å². The van der Waals surface area contributed by atoms with Gasteiger partial charge in [-0.1, -0.05) is 18.2 Å². The van der Waals surface area contributed by atoms with E-state index in [0.29, 0.717) is 11.0 Å². The molecule has 2 aromatic carbocycles. The maximum Gasteiger partial charge on any atom is 0.283 e. The van der Waals surface area contributed by atoms with Crippen molar-refractivity contribution in [3.05, 3.63) is 66.6 Å². The summed E-state index contributed by atoms with van der Waals surface area (Å²) in [6.45, 7) is 2.54. The minimum Gasteiger partial charge on any atom is -0.380 e. The molecule has 104 valence electrons. The molecule has 4 nitrogen and oxygen atoms in total. The fourth-order valence-corrected chi connectivity index (χ4v) is 2.59. The highest BCUT2D eigenvalue weighted by Gasteiger charge is 2.12. The molecular weight excluding hydrogens is 388 g/mol. The van der Waals surface area contributed by atoms with E-state index >= 15 is 0 Å². The van der Waals surface area contributed by atoms with Crippen molar-refractivity contribution >= 4 is 43.2 Å². The van der Waals surface area contributed by atoms with E-state index < -0.39 is 4.92 Å². The van der Waals surface area contributed by atoms with Gasteiger partial charge in [0.25, 0.3) is 5.69 Å². The Labute approximate surface area is 133 Å². The van der Waals surface area contributed by atoms with Crippen LogP contribution in [0.1, 0.15) is 11.1 Å². The van der Waals surface area contributed by atoms with Gasteiger partial charge in [-0.2, -0.15) is 0 Å². The van der Waals surface area contributed by atoms with E-state index in [9.17, 15) is 10.1 Å². The predicted octanol–water partition coefficient (Wildman–Crippen LogP) is 5.04. The number of nitro groups is 1. The Morgan fingerprint density at radius 2 is 2.00 bits per heavy atom. The molecule has 0 atom stereocenters. The van der Waals surface area contributed by atoms with E-state index in [1.165, 1.54) is 0 Å². The average molecular weight is 400 g/mol. The fraction of sp³-hybridized carbons (Fsp3) is 0.143. The molecule has 2 rings (SSSR count). The molecule has 0 bridgehead atoms. The first-order valence-corrected chi connectivity index (χ1v) is 7.49. The summed E-state index contributed by atoms with van der Waals surface area (Å²) in [7, 11) is 0. The summed E-state index contributed by atoms with van der Waals surface area (Å²) in [5, 5.41) is 14.2. The van der Waals surface area contributed by atoms with Gasteiger partial charge in [-0.3, -0.25) is 10.1 Å². The number of hydrogen-bond acceptors (Lipinski definition) is 3. The summed E-state index contributed by atoms with van der Waals surface area (Å²) in [5.41, 5.74) is 3.04. The quantitative estimate of drug-likeness (QED) is 0.578. The summed E-state index contributed by atoms with van der Waals surface area (Å²) in [6, 6.07) is 11.1. The van der Waals surface area contributed by atoms with Crippen LogP contribution in [0.25, 0.3) is 0 Å². The SMILES string of the molecule is Cc1cccc(NCc2ccc(Br)c([N+](=O)[O-])c2)c1Br. The largest absolute Gasteiger partial charge is 0.380 e. The molecule has 6 heteroatoms. The van der Waals surface area contributed by atoms with Crippen LogP contribution in [0.4, 0.5) is 11.4 Å². The van der Waals surface area contributed by atoms with E-state index in [1.807, 2.05) is 31.2 Å². The lowest BCUT2D eigenvalue weighted by atomic mass is 10.2. The van der Waals surface area contributed by atoms with Gasteiger partial charge in [0, 0.05) is 22.8 Å². The van der Waals surface area contributed by atoms with E-state index in [2.05, 4.69) is 37.2 Å². The van der Waals surface area contributed by atoms with Crippen molar-refractivity contribution in [3.8, 4) is 0 Å². The van der Waals surface area contributed by atoms with Crippen LogP contribution in [-0.2, 0) is 6.54 Å². The number of benzene rings is 2. The smallest absolute Gasteiger partial charge is 0.283 e. The van der Waals surface area contributed by atoms with Crippen LogP contribution >= 0.6 is 31.9 Å². The predicted molar refractivity (Wildman–Crippen MR) is 87.0 cm³/mol.